The average Bonchev–Trinajstić information content (AvgIpc) is 2.28. The van der Waals surface area contributed by atoms with E-state index in [1.54, 1.807) is 18.6 Å². The Bertz CT molecular complexity index is 373. The second kappa shape index (κ2) is 7.79. The summed E-state index contributed by atoms with van der Waals surface area (Å²) in [7, 11) is 0. The lowest BCUT2D eigenvalue weighted by Crippen LogP contribution is -2.10. The van der Waals surface area contributed by atoms with Gasteiger partial charge >= 0.3 is 0 Å². The summed E-state index contributed by atoms with van der Waals surface area (Å²) >= 11 is 2.19. The van der Waals surface area contributed by atoms with Crippen molar-refractivity contribution in [2.24, 2.45) is 4.40 Å². The Labute approximate surface area is 113 Å². The van der Waals surface area contributed by atoms with Crippen LogP contribution in [0.1, 0.15) is 32.4 Å². The van der Waals surface area contributed by atoms with E-state index in [0.29, 0.717) is 0 Å². The number of aryl methyl sites for hydroxylation is 1. The zero-order valence-corrected chi connectivity index (χ0v) is 12.4. The van der Waals surface area contributed by atoms with Crippen LogP contribution in [-0.4, -0.2) is 26.0 Å². The van der Waals surface area contributed by atoms with Gasteiger partial charge in [-0.2, -0.15) is 0 Å². The van der Waals surface area contributed by atoms with Gasteiger partial charge in [0, 0.05) is 6.20 Å². The van der Waals surface area contributed by atoms with E-state index in [2.05, 4.69) is 30.3 Å². The van der Waals surface area contributed by atoms with E-state index in [-0.39, 0.29) is 5.25 Å². The first-order chi connectivity index (χ1) is 8.09. The van der Waals surface area contributed by atoms with Crippen molar-refractivity contribution >= 4 is 33.5 Å². The molecule has 1 rings (SSSR count). The predicted molar refractivity (Wildman–Crippen MR) is 74.4 cm³/mol. The maximum absolute atomic E-state index is 11.3. The van der Waals surface area contributed by atoms with Crippen molar-refractivity contribution in [1.29, 1.82) is 0 Å². The minimum atomic E-state index is -1.09. The van der Waals surface area contributed by atoms with E-state index < -0.39 is 11.4 Å². The van der Waals surface area contributed by atoms with Gasteiger partial charge in [-0.1, -0.05) is 4.40 Å². The summed E-state index contributed by atoms with van der Waals surface area (Å²) in [6, 6.07) is 0. The van der Waals surface area contributed by atoms with Crippen molar-refractivity contribution in [2.45, 2.75) is 38.4 Å². The summed E-state index contributed by atoms with van der Waals surface area (Å²) in [6.45, 7) is 3.79. The molecular formula is C11H16BrN3OS. The van der Waals surface area contributed by atoms with Crippen molar-refractivity contribution < 1.29 is 4.55 Å². The fourth-order valence-electron chi connectivity index (χ4n) is 1.12. The molecule has 0 saturated carbocycles. The first kappa shape index (κ1) is 14.6. The normalized spacial score (nSPS) is 13.5. The average molecular weight is 318 g/mol. The molecule has 0 unspecified atom stereocenters. The Hall–Kier alpha value is -0.460. The number of halogens is 1. The lowest BCUT2D eigenvalue weighted by atomic mass is 10.2. The van der Waals surface area contributed by atoms with Crippen molar-refractivity contribution in [3.05, 3.63) is 22.7 Å². The SMILES string of the molecule is CC(C)[S@@+]([O-])/N=C/CCCc1cncc(Br)n1. The third-order valence-electron chi connectivity index (χ3n) is 2.00. The van der Waals surface area contributed by atoms with E-state index in [1.165, 1.54) is 0 Å². The summed E-state index contributed by atoms with van der Waals surface area (Å²) in [5.74, 6) is 0. The minimum absolute atomic E-state index is 0.0854. The molecule has 0 spiro atoms. The molecule has 1 aromatic rings. The first-order valence-electron chi connectivity index (χ1n) is 5.49. The zero-order chi connectivity index (χ0) is 12.7. The van der Waals surface area contributed by atoms with Crippen LogP contribution in [0.25, 0.3) is 0 Å². The molecule has 1 heterocycles. The number of hydrogen-bond donors (Lipinski definition) is 0. The van der Waals surface area contributed by atoms with Gasteiger partial charge < -0.3 is 4.55 Å². The van der Waals surface area contributed by atoms with Crippen molar-refractivity contribution in [1.82, 2.24) is 9.97 Å². The van der Waals surface area contributed by atoms with Gasteiger partial charge in [-0.25, -0.2) is 4.98 Å². The van der Waals surface area contributed by atoms with Crippen LogP contribution in [-0.2, 0) is 17.8 Å². The molecule has 0 aliphatic rings. The third-order valence-corrected chi connectivity index (χ3v) is 3.55. The Morgan fingerprint density at radius 1 is 1.53 bits per heavy atom. The molecular weight excluding hydrogens is 302 g/mol. The highest BCUT2D eigenvalue weighted by Crippen LogP contribution is 2.07. The van der Waals surface area contributed by atoms with E-state index >= 15 is 0 Å². The van der Waals surface area contributed by atoms with E-state index in [4.69, 9.17) is 0 Å². The van der Waals surface area contributed by atoms with Crippen molar-refractivity contribution in [3.8, 4) is 0 Å². The second-order valence-electron chi connectivity index (χ2n) is 3.84. The Kier molecular flexibility index (Phi) is 6.69. The van der Waals surface area contributed by atoms with E-state index in [9.17, 15) is 4.55 Å². The third kappa shape index (κ3) is 6.14. The molecule has 0 radical (unpaired) electrons. The highest BCUT2D eigenvalue weighted by Gasteiger charge is 2.08. The molecule has 1 atom stereocenters. The van der Waals surface area contributed by atoms with Crippen molar-refractivity contribution in [2.75, 3.05) is 0 Å². The molecule has 6 heteroatoms. The van der Waals surface area contributed by atoms with Crippen LogP contribution < -0.4 is 0 Å². The van der Waals surface area contributed by atoms with Crippen LogP contribution in [0.2, 0.25) is 0 Å². The van der Waals surface area contributed by atoms with E-state index in [0.717, 1.165) is 29.6 Å². The Morgan fingerprint density at radius 3 is 2.94 bits per heavy atom. The van der Waals surface area contributed by atoms with Crippen LogP contribution in [0.4, 0.5) is 0 Å². The van der Waals surface area contributed by atoms with Gasteiger partial charge in [-0.15, -0.1) is 0 Å². The van der Waals surface area contributed by atoms with Crippen LogP contribution in [0, 0.1) is 0 Å². The molecule has 0 aliphatic heterocycles. The molecule has 0 aromatic carbocycles. The van der Waals surface area contributed by atoms with Gasteiger partial charge in [0.2, 0.25) is 0 Å². The van der Waals surface area contributed by atoms with Gasteiger partial charge in [0.05, 0.1) is 29.5 Å². The molecule has 17 heavy (non-hydrogen) atoms. The molecule has 0 bridgehead atoms. The number of aromatic nitrogens is 2. The van der Waals surface area contributed by atoms with Crippen LogP contribution in [0.15, 0.2) is 21.4 Å². The zero-order valence-electron chi connectivity index (χ0n) is 9.97. The fraction of sp³-hybridized carbons (Fsp3) is 0.545. The lowest BCUT2D eigenvalue weighted by molar-refractivity contribution is 0.588. The van der Waals surface area contributed by atoms with Crippen LogP contribution in [0.3, 0.4) is 0 Å². The van der Waals surface area contributed by atoms with Crippen molar-refractivity contribution in [3.63, 3.8) is 0 Å². The number of unbranched alkanes of at least 4 members (excludes halogenated alkanes) is 1. The summed E-state index contributed by atoms with van der Waals surface area (Å²) in [5, 5.41) is 0.0854. The van der Waals surface area contributed by atoms with Gasteiger partial charge in [-0.3, -0.25) is 4.98 Å². The number of nitrogens with zero attached hydrogens (tertiary/aromatic N) is 3. The highest BCUT2D eigenvalue weighted by atomic mass is 79.9. The molecule has 0 N–H and O–H groups in total. The minimum Gasteiger partial charge on any atom is -0.591 e. The molecule has 0 amide bonds. The Balaban J connectivity index is 2.25. The van der Waals surface area contributed by atoms with E-state index in [1.807, 2.05) is 13.8 Å². The fourth-order valence-corrected chi connectivity index (χ4v) is 1.96. The summed E-state index contributed by atoms with van der Waals surface area (Å²) in [5.41, 5.74) is 0.956. The highest BCUT2D eigenvalue weighted by molar-refractivity contribution is 9.10. The summed E-state index contributed by atoms with van der Waals surface area (Å²) in [6.07, 6.45) is 7.76. The van der Waals surface area contributed by atoms with Gasteiger partial charge in [-0.05, 0) is 49.0 Å². The standard InChI is InChI=1S/C11H16BrN3OS/c1-9(2)17(16)14-6-4-3-5-10-7-13-8-11(12)15-10/h6-9H,3-5H2,1-2H3/b14-6+/t17-/m1/s1. The van der Waals surface area contributed by atoms with Gasteiger partial charge in [0.1, 0.15) is 9.85 Å². The van der Waals surface area contributed by atoms with Crippen LogP contribution in [0.5, 0.6) is 0 Å². The quantitative estimate of drug-likeness (QED) is 0.460. The monoisotopic (exact) mass is 317 g/mol. The molecule has 4 nitrogen and oxygen atoms in total. The van der Waals surface area contributed by atoms with Gasteiger partial charge in [0.25, 0.3) is 0 Å². The number of hydrogen-bond acceptors (Lipinski definition) is 4. The molecule has 1 aromatic heterocycles. The molecule has 94 valence electrons. The maximum Gasteiger partial charge on any atom is 0.137 e. The largest absolute Gasteiger partial charge is 0.591 e. The molecule has 0 fully saturated rings. The summed E-state index contributed by atoms with van der Waals surface area (Å²) < 4.78 is 16.0. The number of rotatable bonds is 6. The second-order valence-corrected chi connectivity index (χ2v) is 6.36. The van der Waals surface area contributed by atoms with Gasteiger partial charge in [0.15, 0.2) is 0 Å². The summed E-state index contributed by atoms with van der Waals surface area (Å²) in [4.78, 5) is 8.33. The first-order valence-corrected chi connectivity index (χ1v) is 7.45. The topological polar surface area (TPSA) is 61.2 Å². The Morgan fingerprint density at radius 2 is 2.29 bits per heavy atom. The molecule has 0 saturated heterocycles. The van der Waals surface area contributed by atoms with Crippen LogP contribution >= 0.6 is 15.9 Å². The lowest BCUT2D eigenvalue weighted by Gasteiger charge is -2.05. The smallest absolute Gasteiger partial charge is 0.137 e. The maximum atomic E-state index is 11.3. The molecule has 0 aliphatic carbocycles. The predicted octanol–water partition coefficient (Wildman–Crippen LogP) is 2.70.